The molecule has 1 unspecified atom stereocenters. The van der Waals surface area contributed by atoms with Crippen LogP contribution in [0, 0.1) is 0 Å². The highest BCUT2D eigenvalue weighted by molar-refractivity contribution is 6.06. The van der Waals surface area contributed by atoms with Crippen LogP contribution in [0.3, 0.4) is 0 Å². The van der Waals surface area contributed by atoms with E-state index in [9.17, 15) is 14.4 Å². The minimum Gasteiger partial charge on any atom is -0.493 e. The van der Waals surface area contributed by atoms with Crippen molar-refractivity contribution in [2.24, 2.45) is 5.73 Å². The molecule has 1 heterocycles. The van der Waals surface area contributed by atoms with E-state index in [0.29, 0.717) is 45.3 Å². The number of nitrogens with two attached hydrogens (primary N) is 1. The Bertz CT molecular complexity index is 1390. The molecule has 10 nitrogen and oxygen atoms in total. The van der Waals surface area contributed by atoms with Crippen LogP contribution in [0.2, 0.25) is 0 Å². The van der Waals surface area contributed by atoms with Crippen molar-refractivity contribution in [1.29, 1.82) is 0 Å². The van der Waals surface area contributed by atoms with Crippen molar-refractivity contribution >= 4 is 29.0 Å². The van der Waals surface area contributed by atoms with Gasteiger partial charge in [-0.25, -0.2) is 0 Å². The number of benzene rings is 3. The van der Waals surface area contributed by atoms with Crippen molar-refractivity contribution in [2.45, 2.75) is 25.5 Å². The Morgan fingerprint density at radius 2 is 1.63 bits per heavy atom. The average Bonchev–Trinajstić information content (AvgIpc) is 2.91. The number of nitrogens with one attached hydrogen (secondary N) is 2. The van der Waals surface area contributed by atoms with Gasteiger partial charge in [-0.2, -0.15) is 0 Å². The normalized spacial score (nSPS) is 15.0. The van der Waals surface area contributed by atoms with Gasteiger partial charge in [0.1, 0.15) is 17.4 Å². The van der Waals surface area contributed by atoms with E-state index in [-0.39, 0.29) is 29.8 Å². The SMILES string of the molecule is COc1cc2c(c(OC)c1OC)C(=O)CC(c1cccc(NC(=O)c3cccc(NC(=O)[C@H](C)N)c3)c1)O2. The van der Waals surface area contributed by atoms with E-state index in [1.54, 1.807) is 55.5 Å². The van der Waals surface area contributed by atoms with Crippen LogP contribution in [0.4, 0.5) is 11.4 Å². The number of ketones is 1. The molecule has 198 valence electrons. The molecule has 38 heavy (non-hydrogen) atoms. The van der Waals surface area contributed by atoms with Crippen molar-refractivity contribution < 1.29 is 33.3 Å². The lowest BCUT2D eigenvalue weighted by Crippen LogP contribution is -2.32. The summed E-state index contributed by atoms with van der Waals surface area (Å²) in [7, 11) is 4.40. The molecule has 0 aliphatic carbocycles. The van der Waals surface area contributed by atoms with Gasteiger partial charge in [-0.15, -0.1) is 0 Å². The first kappa shape index (κ1) is 26.5. The largest absolute Gasteiger partial charge is 0.493 e. The Labute approximate surface area is 220 Å². The predicted octanol–water partition coefficient (Wildman–Crippen LogP) is 3.96. The molecular formula is C28H29N3O7. The molecule has 3 aromatic rings. The Hall–Kier alpha value is -4.57. The van der Waals surface area contributed by atoms with Gasteiger partial charge in [-0.05, 0) is 42.8 Å². The van der Waals surface area contributed by atoms with Crippen LogP contribution in [0.5, 0.6) is 23.0 Å². The predicted molar refractivity (Wildman–Crippen MR) is 142 cm³/mol. The molecule has 0 fully saturated rings. The number of methoxy groups -OCH3 is 3. The second-order valence-corrected chi connectivity index (χ2v) is 8.69. The summed E-state index contributed by atoms with van der Waals surface area (Å²) in [5.41, 5.74) is 7.92. The van der Waals surface area contributed by atoms with Crippen LogP contribution in [0.1, 0.15) is 45.7 Å². The van der Waals surface area contributed by atoms with Gasteiger partial charge in [0.15, 0.2) is 17.3 Å². The zero-order chi connectivity index (χ0) is 27.4. The fraction of sp³-hybridized carbons (Fsp3) is 0.250. The lowest BCUT2D eigenvalue weighted by Gasteiger charge is -2.28. The van der Waals surface area contributed by atoms with Gasteiger partial charge < -0.3 is 35.3 Å². The zero-order valence-corrected chi connectivity index (χ0v) is 21.5. The van der Waals surface area contributed by atoms with Crippen molar-refractivity contribution in [3.05, 3.63) is 71.3 Å². The summed E-state index contributed by atoms with van der Waals surface area (Å²) in [4.78, 5) is 38.0. The quantitative estimate of drug-likeness (QED) is 0.407. The van der Waals surface area contributed by atoms with Gasteiger partial charge >= 0.3 is 0 Å². The molecule has 3 aromatic carbocycles. The number of fused-ring (bicyclic) bond motifs is 1. The molecule has 4 rings (SSSR count). The second kappa shape index (κ2) is 11.2. The van der Waals surface area contributed by atoms with Crippen LogP contribution < -0.4 is 35.3 Å². The van der Waals surface area contributed by atoms with Crippen molar-refractivity contribution in [3.8, 4) is 23.0 Å². The van der Waals surface area contributed by atoms with Crippen molar-refractivity contribution in [2.75, 3.05) is 32.0 Å². The molecule has 2 atom stereocenters. The molecule has 0 saturated heterocycles. The lowest BCUT2D eigenvalue weighted by molar-refractivity contribution is -0.117. The van der Waals surface area contributed by atoms with Gasteiger partial charge in [-0.1, -0.05) is 18.2 Å². The van der Waals surface area contributed by atoms with Crippen LogP contribution in [0.15, 0.2) is 54.6 Å². The monoisotopic (exact) mass is 519 g/mol. The summed E-state index contributed by atoms with van der Waals surface area (Å²) in [6, 6.07) is 14.5. The lowest BCUT2D eigenvalue weighted by atomic mass is 9.94. The topological polar surface area (TPSA) is 138 Å². The fourth-order valence-corrected chi connectivity index (χ4v) is 4.16. The summed E-state index contributed by atoms with van der Waals surface area (Å²) in [5.74, 6) is 0.367. The number of ether oxygens (including phenoxy) is 4. The Morgan fingerprint density at radius 1 is 0.947 bits per heavy atom. The highest BCUT2D eigenvalue weighted by Gasteiger charge is 2.34. The molecule has 0 radical (unpaired) electrons. The molecule has 4 N–H and O–H groups in total. The number of hydrogen-bond acceptors (Lipinski definition) is 8. The fourth-order valence-electron chi connectivity index (χ4n) is 4.16. The first-order chi connectivity index (χ1) is 18.2. The van der Waals surface area contributed by atoms with E-state index in [1.807, 2.05) is 6.07 Å². The molecule has 1 aliphatic rings. The van der Waals surface area contributed by atoms with Crippen LogP contribution >= 0.6 is 0 Å². The number of anilines is 2. The maximum Gasteiger partial charge on any atom is 0.255 e. The van der Waals surface area contributed by atoms with E-state index < -0.39 is 12.1 Å². The van der Waals surface area contributed by atoms with E-state index in [0.717, 1.165) is 0 Å². The summed E-state index contributed by atoms with van der Waals surface area (Å²) in [6.07, 6.45) is -0.524. The van der Waals surface area contributed by atoms with Crippen molar-refractivity contribution in [1.82, 2.24) is 0 Å². The standard InChI is InChI=1S/C28H29N3O7/c1-15(29)27(33)30-19-10-6-8-17(12-19)28(34)31-18-9-5-7-16(11-18)21-13-20(32)24-22(38-21)14-23(35-2)25(36-3)26(24)37-4/h5-12,14-15,21H,13,29H2,1-4H3,(H,30,33)(H,31,34)/t15-,21?/m0/s1. The smallest absolute Gasteiger partial charge is 0.255 e. The summed E-state index contributed by atoms with van der Waals surface area (Å²) < 4.78 is 22.4. The maximum absolute atomic E-state index is 13.2. The molecule has 0 saturated carbocycles. The first-order valence-corrected chi connectivity index (χ1v) is 11.9. The molecule has 1 aliphatic heterocycles. The molecule has 0 aromatic heterocycles. The highest BCUT2D eigenvalue weighted by Crippen LogP contribution is 2.49. The Kier molecular flexibility index (Phi) is 7.82. The minimum absolute atomic E-state index is 0.0670. The number of carbonyl (C=O) groups excluding carboxylic acids is 3. The molecule has 10 heteroatoms. The zero-order valence-electron chi connectivity index (χ0n) is 21.5. The highest BCUT2D eigenvalue weighted by atomic mass is 16.5. The van der Waals surface area contributed by atoms with Gasteiger partial charge in [0.25, 0.3) is 5.91 Å². The number of Topliss-reactive ketones (excluding diaryl/α,β-unsaturated/α-hetero) is 1. The summed E-state index contributed by atoms with van der Waals surface area (Å²) in [5, 5.41) is 5.52. The summed E-state index contributed by atoms with van der Waals surface area (Å²) >= 11 is 0. The van der Waals surface area contributed by atoms with Gasteiger partial charge in [0.05, 0.1) is 33.8 Å². The average molecular weight is 520 g/mol. The summed E-state index contributed by atoms with van der Waals surface area (Å²) in [6.45, 7) is 1.57. The number of hydrogen-bond donors (Lipinski definition) is 3. The van der Waals surface area contributed by atoms with Gasteiger partial charge in [-0.3, -0.25) is 14.4 Å². The van der Waals surface area contributed by atoms with Gasteiger partial charge in [0, 0.05) is 23.0 Å². The van der Waals surface area contributed by atoms with Crippen LogP contribution in [-0.4, -0.2) is 45.0 Å². The second-order valence-electron chi connectivity index (χ2n) is 8.69. The number of amides is 2. The third-order valence-electron chi connectivity index (χ3n) is 6.03. The van der Waals surface area contributed by atoms with E-state index in [1.165, 1.54) is 21.3 Å². The molecular weight excluding hydrogens is 490 g/mol. The molecule has 2 amide bonds. The van der Waals surface area contributed by atoms with E-state index in [2.05, 4.69) is 10.6 Å². The van der Waals surface area contributed by atoms with Crippen LogP contribution in [-0.2, 0) is 4.79 Å². The van der Waals surface area contributed by atoms with Crippen LogP contribution in [0.25, 0.3) is 0 Å². The first-order valence-electron chi connectivity index (χ1n) is 11.9. The third-order valence-corrected chi connectivity index (χ3v) is 6.03. The van der Waals surface area contributed by atoms with Crippen molar-refractivity contribution in [3.63, 3.8) is 0 Å². The molecule has 0 bridgehead atoms. The Morgan fingerprint density at radius 3 is 2.29 bits per heavy atom. The molecule has 0 spiro atoms. The van der Waals surface area contributed by atoms with E-state index in [4.69, 9.17) is 24.7 Å². The Balaban J connectivity index is 1.55. The third kappa shape index (κ3) is 5.40. The van der Waals surface area contributed by atoms with Gasteiger partial charge in [0.2, 0.25) is 11.7 Å². The number of carbonyl (C=O) groups is 3. The van der Waals surface area contributed by atoms with E-state index >= 15 is 0 Å². The maximum atomic E-state index is 13.2. The number of rotatable bonds is 8. The minimum atomic E-state index is -0.680.